The highest BCUT2D eigenvalue weighted by molar-refractivity contribution is 6.46. The number of benzene rings is 2. The molecule has 2 aromatic rings. The third-order valence-electron chi connectivity index (χ3n) is 5.45. The minimum Gasteiger partial charge on any atom is -0.507 e. The van der Waals surface area contributed by atoms with Crippen molar-refractivity contribution in [2.45, 2.75) is 25.5 Å². The maximum Gasteiger partial charge on any atom is 0.295 e. The Hall–Kier alpha value is -3.19. The molecule has 1 amide bonds. The van der Waals surface area contributed by atoms with E-state index in [0.717, 1.165) is 11.3 Å². The standard InChI is InChI=1S/C23H22FNO5/c1-13-11-15-12-14(7-8-18(15)30-13)21(26)19-20(16-5-3-4-6-17(16)24)25(9-10-29-2)23(28)22(19)27/h3-8,12-13,20,26H,9-11H2,1-2H3. The van der Waals surface area contributed by atoms with Crippen molar-refractivity contribution in [1.82, 2.24) is 4.90 Å². The molecule has 0 aromatic heterocycles. The number of rotatable bonds is 5. The van der Waals surface area contributed by atoms with Gasteiger partial charge in [-0.05, 0) is 36.8 Å². The van der Waals surface area contributed by atoms with Gasteiger partial charge in [-0.1, -0.05) is 18.2 Å². The summed E-state index contributed by atoms with van der Waals surface area (Å²) in [6, 6.07) is 10.0. The summed E-state index contributed by atoms with van der Waals surface area (Å²) < 4.78 is 25.4. The first-order valence-electron chi connectivity index (χ1n) is 9.74. The average Bonchev–Trinajstić information content (AvgIpc) is 3.22. The molecule has 156 valence electrons. The Morgan fingerprint density at radius 1 is 1.27 bits per heavy atom. The van der Waals surface area contributed by atoms with Gasteiger partial charge in [0.15, 0.2) is 0 Å². The van der Waals surface area contributed by atoms with Gasteiger partial charge in [0.1, 0.15) is 23.4 Å². The summed E-state index contributed by atoms with van der Waals surface area (Å²) in [6.07, 6.45) is 0.700. The number of halogens is 1. The second-order valence-electron chi connectivity index (χ2n) is 7.46. The maximum absolute atomic E-state index is 14.7. The lowest BCUT2D eigenvalue weighted by atomic mass is 9.94. The summed E-state index contributed by atoms with van der Waals surface area (Å²) in [5.41, 5.74) is 1.31. The van der Waals surface area contributed by atoms with E-state index in [2.05, 4.69) is 0 Å². The molecular weight excluding hydrogens is 389 g/mol. The van der Waals surface area contributed by atoms with Gasteiger partial charge >= 0.3 is 0 Å². The molecule has 2 heterocycles. The molecule has 0 aliphatic carbocycles. The number of likely N-dealkylation sites (tertiary alicyclic amines) is 1. The van der Waals surface area contributed by atoms with Crippen LogP contribution in [0, 0.1) is 5.82 Å². The Bertz CT molecular complexity index is 1050. The van der Waals surface area contributed by atoms with Gasteiger partial charge in [0.05, 0.1) is 18.2 Å². The van der Waals surface area contributed by atoms with Crippen LogP contribution in [-0.4, -0.2) is 48.1 Å². The number of hydrogen-bond donors (Lipinski definition) is 1. The molecule has 0 spiro atoms. The predicted molar refractivity (Wildman–Crippen MR) is 108 cm³/mol. The summed E-state index contributed by atoms with van der Waals surface area (Å²) in [6.45, 7) is 2.21. The zero-order valence-corrected chi connectivity index (χ0v) is 16.7. The molecule has 2 aliphatic heterocycles. The van der Waals surface area contributed by atoms with E-state index in [1.165, 1.54) is 30.2 Å². The number of fused-ring (bicyclic) bond motifs is 1. The molecule has 0 saturated carbocycles. The predicted octanol–water partition coefficient (Wildman–Crippen LogP) is 3.22. The average molecular weight is 411 g/mol. The van der Waals surface area contributed by atoms with E-state index in [1.54, 1.807) is 24.3 Å². The number of carbonyl (C=O) groups excluding carboxylic acids is 2. The van der Waals surface area contributed by atoms with Crippen LogP contribution in [-0.2, 0) is 20.7 Å². The molecule has 1 N–H and O–H groups in total. The largest absolute Gasteiger partial charge is 0.507 e. The highest BCUT2D eigenvalue weighted by atomic mass is 19.1. The molecule has 6 nitrogen and oxygen atoms in total. The lowest BCUT2D eigenvalue weighted by Gasteiger charge is -2.25. The lowest BCUT2D eigenvalue weighted by molar-refractivity contribution is -0.140. The Labute approximate surface area is 173 Å². The molecule has 2 unspecified atom stereocenters. The fourth-order valence-corrected chi connectivity index (χ4v) is 4.05. The number of aliphatic hydroxyl groups excluding tert-OH is 1. The number of carbonyl (C=O) groups is 2. The number of aliphatic hydroxyl groups is 1. The van der Waals surface area contributed by atoms with Crippen LogP contribution in [0.25, 0.3) is 5.76 Å². The van der Waals surface area contributed by atoms with E-state index in [1.807, 2.05) is 6.92 Å². The van der Waals surface area contributed by atoms with E-state index in [4.69, 9.17) is 9.47 Å². The van der Waals surface area contributed by atoms with Crippen LogP contribution < -0.4 is 4.74 Å². The van der Waals surface area contributed by atoms with Crippen molar-refractivity contribution in [3.8, 4) is 5.75 Å². The van der Waals surface area contributed by atoms with Gasteiger partial charge in [-0.3, -0.25) is 9.59 Å². The fraction of sp³-hybridized carbons (Fsp3) is 0.304. The molecule has 2 aromatic carbocycles. The van der Waals surface area contributed by atoms with Crippen LogP contribution >= 0.6 is 0 Å². The zero-order valence-electron chi connectivity index (χ0n) is 16.7. The van der Waals surface area contributed by atoms with Crippen LogP contribution in [0.3, 0.4) is 0 Å². The number of methoxy groups -OCH3 is 1. The molecule has 30 heavy (non-hydrogen) atoms. The molecule has 4 rings (SSSR count). The van der Waals surface area contributed by atoms with Crippen molar-refractivity contribution in [3.63, 3.8) is 0 Å². The summed E-state index contributed by atoms with van der Waals surface area (Å²) in [5, 5.41) is 11.1. The monoisotopic (exact) mass is 411 g/mol. The highest BCUT2D eigenvalue weighted by Gasteiger charge is 2.46. The van der Waals surface area contributed by atoms with E-state index in [0.29, 0.717) is 12.0 Å². The SMILES string of the molecule is COCCN1C(=O)C(=O)C(=C(O)c2ccc3c(c2)CC(C)O3)C1c1ccccc1F. The van der Waals surface area contributed by atoms with Gasteiger partial charge in [0.25, 0.3) is 11.7 Å². The summed E-state index contributed by atoms with van der Waals surface area (Å²) >= 11 is 0. The van der Waals surface area contributed by atoms with Crippen LogP contribution in [0.4, 0.5) is 4.39 Å². The van der Waals surface area contributed by atoms with Crippen molar-refractivity contribution in [2.24, 2.45) is 0 Å². The Morgan fingerprint density at radius 2 is 2.03 bits per heavy atom. The number of nitrogens with zero attached hydrogens (tertiary/aromatic N) is 1. The third kappa shape index (κ3) is 3.35. The van der Waals surface area contributed by atoms with Crippen LogP contribution in [0.2, 0.25) is 0 Å². The summed E-state index contributed by atoms with van der Waals surface area (Å²) in [5.74, 6) is -1.80. The van der Waals surface area contributed by atoms with Crippen molar-refractivity contribution in [3.05, 3.63) is 70.5 Å². The number of ether oxygens (including phenoxy) is 2. The van der Waals surface area contributed by atoms with E-state index >= 15 is 0 Å². The van der Waals surface area contributed by atoms with Gasteiger partial charge in [-0.15, -0.1) is 0 Å². The van der Waals surface area contributed by atoms with Gasteiger partial charge in [0, 0.05) is 31.2 Å². The lowest BCUT2D eigenvalue weighted by Crippen LogP contribution is -2.33. The first-order chi connectivity index (χ1) is 14.4. The van der Waals surface area contributed by atoms with Gasteiger partial charge in [-0.2, -0.15) is 0 Å². The molecular formula is C23H22FNO5. The van der Waals surface area contributed by atoms with Gasteiger partial charge in [-0.25, -0.2) is 4.39 Å². The third-order valence-corrected chi connectivity index (χ3v) is 5.45. The van der Waals surface area contributed by atoms with Crippen molar-refractivity contribution in [2.75, 3.05) is 20.3 Å². The maximum atomic E-state index is 14.7. The molecule has 1 fully saturated rings. The smallest absolute Gasteiger partial charge is 0.295 e. The molecule has 2 atom stereocenters. The zero-order chi connectivity index (χ0) is 21.4. The molecule has 0 radical (unpaired) electrons. The Morgan fingerprint density at radius 3 is 2.77 bits per heavy atom. The number of amides is 1. The van der Waals surface area contributed by atoms with E-state index in [9.17, 15) is 19.1 Å². The summed E-state index contributed by atoms with van der Waals surface area (Å²) in [4.78, 5) is 26.8. The Balaban J connectivity index is 1.85. The van der Waals surface area contributed by atoms with E-state index in [-0.39, 0.29) is 36.2 Å². The molecule has 2 aliphatic rings. The normalized spacial score (nSPS) is 22.3. The topological polar surface area (TPSA) is 76.1 Å². The van der Waals surface area contributed by atoms with Gasteiger partial charge in [0.2, 0.25) is 0 Å². The van der Waals surface area contributed by atoms with Crippen molar-refractivity contribution >= 4 is 17.4 Å². The van der Waals surface area contributed by atoms with Crippen LogP contribution in [0.15, 0.2) is 48.0 Å². The minimum atomic E-state index is -1.04. The summed E-state index contributed by atoms with van der Waals surface area (Å²) in [7, 11) is 1.47. The molecule has 7 heteroatoms. The van der Waals surface area contributed by atoms with Crippen molar-refractivity contribution < 1.29 is 28.6 Å². The fourth-order valence-electron chi connectivity index (χ4n) is 4.05. The van der Waals surface area contributed by atoms with E-state index < -0.39 is 23.5 Å². The number of Topliss-reactive ketones (excluding diaryl/α,β-unsaturated/α-hetero) is 1. The molecule has 0 bridgehead atoms. The van der Waals surface area contributed by atoms with Crippen LogP contribution in [0.5, 0.6) is 5.75 Å². The molecule has 1 saturated heterocycles. The van der Waals surface area contributed by atoms with Crippen LogP contribution in [0.1, 0.15) is 29.7 Å². The second-order valence-corrected chi connectivity index (χ2v) is 7.46. The second kappa shape index (κ2) is 7.91. The number of ketones is 1. The van der Waals surface area contributed by atoms with Crippen molar-refractivity contribution in [1.29, 1.82) is 0 Å². The highest BCUT2D eigenvalue weighted by Crippen LogP contribution is 2.41. The number of hydrogen-bond acceptors (Lipinski definition) is 5. The first kappa shape index (κ1) is 20.1. The Kier molecular flexibility index (Phi) is 5.30. The first-order valence-corrected chi connectivity index (χ1v) is 9.74. The van der Waals surface area contributed by atoms with Gasteiger partial charge < -0.3 is 19.5 Å². The minimum absolute atomic E-state index is 0.0236. The quantitative estimate of drug-likeness (QED) is 0.465.